The van der Waals surface area contributed by atoms with Crippen LogP contribution < -0.4 is 19.5 Å². The van der Waals surface area contributed by atoms with Gasteiger partial charge in [-0.25, -0.2) is 9.59 Å². The summed E-state index contributed by atoms with van der Waals surface area (Å²) in [6.45, 7) is 0.721. The van der Waals surface area contributed by atoms with Crippen molar-refractivity contribution in [3.8, 4) is 17.2 Å². The molecule has 8 heteroatoms. The molecular formula is C27H28N2O6. The van der Waals surface area contributed by atoms with Crippen molar-refractivity contribution in [2.45, 2.75) is 12.5 Å². The summed E-state index contributed by atoms with van der Waals surface area (Å²) in [5.74, 6) is 1.40. The Morgan fingerprint density at radius 2 is 1.63 bits per heavy atom. The number of rotatable bonds is 7. The first-order chi connectivity index (χ1) is 17.0. The van der Waals surface area contributed by atoms with Gasteiger partial charge in [0.2, 0.25) is 0 Å². The Balaban J connectivity index is 1.61. The number of esters is 1. The Kier molecular flexibility index (Phi) is 7.40. The summed E-state index contributed by atoms with van der Waals surface area (Å²) >= 11 is 0. The first-order valence-electron chi connectivity index (χ1n) is 11.2. The Morgan fingerprint density at radius 3 is 2.29 bits per heavy atom. The molecule has 0 spiro atoms. The van der Waals surface area contributed by atoms with Crippen LogP contribution in [0.3, 0.4) is 0 Å². The zero-order chi connectivity index (χ0) is 24.8. The second-order valence-corrected chi connectivity index (χ2v) is 7.99. The van der Waals surface area contributed by atoms with E-state index in [1.165, 1.54) is 7.11 Å². The smallest absolute Gasteiger partial charge is 0.337 e. The minimum Gasteiger partial charge on any atom is -0.493 e. The zero-order valence-electron chi connectivity index (χ0n) is 19.9. The van der Waals surface area contributed by atoms with E-state index in [1.54, 1.807) is 43.4 Å². The van der Waals surface area contributed by atoms with E-state index in [1.807, 2.05) is 42.5 Å². The van der Waals surface area contributed by atoms with E-state index >= 15 is 0 Å². The number of methoxy groups -OCH3 is 3. The van der Waals surface area contributed by atoms with Crippen LogP contribution in [0.5, 0.6) is 17.2 Å². The summed E-state index contributed by atoms with van der Waals surface area (Å²) in [7, 11) is 4.53. The van der Waals surface area contributed by atoms with Crippen LogP contribution in [0.4, 0.5) is 10.5 Å². The normalized spacial score (nSPS) is 14.5. The molecule has 1 aliphatic heterocycles. The number of fused-ring (bicyclic) bond motifs is 1. The lowest BCUT2D eigenvalue weighted by atomic mass is 9.92. The van der Waals surface area contributed by atoms with Crippen molar-refractivity contribution >= 4 is 17.7 Å². The number of nitrogens with one attached hydrogen (secondary N) is 1. The van der Waals surface area contributed by atoms with Crippen molar-refractivity contribution in [2.24, 2.45) is 0 Å². The molecule has 0 radical (unpaired) electrons. The average Bonchev–Trinajstić information content (AvgIpc) is 2.91. The molecule has 1 heterocycles. The number of nitrogens with zero attached hydrogens (tertiary/aromatic N) is 1. The third-order valence-corrected chi connectivity index (χ3v) is 5.97. The molecule has 1 N–H and O–H groups in total. The fourth-order valence-electron chi connectivity index (χ4n) is 4.15. The molecule has 0 saturated heterocycles. The molecule has 0 aromatic heterocycles. The molecule has 0 bridgehead atoms. The number of para-hydroxylation sites is 1. The second-order valence-electron chi connectivity index (χ2n) is 7.99. The Hall–Kier alpha value is -4.20. The third-order valence-electron chi connectivity index (χ3n) is 5.97. The van der Waals surface area contributed by atoms with E-state index in [9.17, 15) is 9.59 Å². The number of anilines is 1. The predicted octanol–water partition coefficient (Wildman–Crippen LogP) is 4.70. The van der Waals surface area contributed by atoms with Crippen molar-refractivity contribution < 1.29 is 28.5 Å². The van der Waals surface area contributed by atoms with Crippen molar-refractivity contribution in [3.05, 3.63) is 83.4 Å². The highest BCUT2D eigenvalue weighted by atomic mass is 16.5. The van der Waals surface area contributed by atoms with Gasteiger partial charge in [0.25, 0.3) is 0 Å². The SMILES string of the molecule is COC(=O)c1ccc(OC[C@H]2c3cc(OC)c(OC)cc3CCN2C(=O)Nc2ccccc2)cc1. The summed E-state index contributed by atoms with van der Waals surface area (Å²) in [5.41, 5.74) is 3.15. The van der Waals surface area contributed by atoms with Crippen molar-refractivity contribution in [3.63, 3.8) is 0 Å². The Bertz CT molecular complexity index is 1180. The van der Waals surface area contributed by atoms with Crippen LogP contribution in [0, 0.1) is 0 Å². The molecule has 4 rings (SSSR count). The second kappa shape index (κ2) is 10.8. The molecule has 0 fully saturated rings. The van der Waals surface area contributed by atoms with Gasteiger partial charge in [-0.05, 0) is 66.1 Å². The number of ether oxygens (including phenoxy) is 4. The average molecular weight is 477 g/mol. The summed E-state index contributed by atoms with van der Waals surface area (Å²) in [5, 5.41) is 2.97. The van der Waals surface area contributed by atoms with Crippen molar-refractivity contribution in [1.29, 1.82) is 0 Å². The topological polar surface area (TPSA) is 86.3 Å². The van der Waals surface area contributed by atoms with Gasteiger partial charge < -0.3 is 29.2 Å². The fourth-order valence-corrected chi connectivity index (χ4v) is 4.15. The molecule has 3 aromatic rings. The van der Waals surface area contributed by atoms with Crippen molar-refractivity contribution in [2.75, 3.05) is 39.8 Å². The van der Waals surface area contributed by atoms with Gasteiger partial charge in [0.15, 0.2) is 11.5 Å². The first kappa shape index (κ1) is 23.9. The maximum absolute atomic E-state index is 13.3. The maximum atomic E-state index is 13.3. The lowest BCUT2D eigenvalue weighted by Crippen LogP contribution is -2.44. The van der Waals surface area contributed by atoms with E-state index in [4.69, 9.17) is 18.9 Å². The number of benzene rings is 3. The lowest BCUT2D eigenvalue weighted by molar-refractivity contribution is 0.0600. The van der Waals surface area contributed by atoms with Gasteiger partial charge in [-0.3, -0.25) is 0 Å². The monoisotopic (exact) mass is 476 g/mol. The molecular weight excluding hydrogens is 448 g/mol. The van der Waals surface area contributed by atoms with Gasteiger partial charge in [-0.1, -0.05) is 18.2 Å². The van der Waals surface area contributed by atoms with E-state index in [2.05, 4.69) is 5.32 Å². The number of amides is 2. The highest BCUT2D eigenvalue weighted by Gasteiger charge is 2.33. The first-order valence-corrected chi connectivity index (χ1v) is 11.2. The molecule has 182 valence electrons. The van der Waals surface area contributed by atoms with Gasteiger partial charge in [0, 0.05) is 12.2 Å². The number of hydrogen-bond acceptors (Lipinski definition) is 6. The van der Waals surface area contributed by atoms with Gasteiger partial charge >= 0.3 is 12.0 Å². The van der Waals surface area contributed by atoms with Crippen LogP contribution in [0.1, 0.15) is 27.5 Å². The number of carbonyl (C=O) groups is 2. The van der Waals surface area contributed by atoms with Crippen LogP contribution in [0.25, 0.3) is 0 Å². The lowest BCUT2D eigenvalue weighted by Gasteiger charge is -2.37. The van der Waals surface area contributed by atoms with E-state index in [-0.39, 0.29) is 18.7 Å². The minimum atomic E-state index is -0.414. The van der Waals surface area contributed by atoms with Crippen LogP contribution in [-0.2, 0) is 11.2 Å². The number of urea groups is 1. The molecule has 35 heavy (non-hydrogen) atoms. The van der Waals surface area contributed by atoms with Gasteiger partial charge in [0.05, 0.1) is 32.9 Å². The third kappa shape index (κ3) is 5.32. The van der Waals surface area contributed by atoms with Crippen LogP contribution in [0.2, 0.25) is 0 Å². The molecule has 3 aromatic carbocycles. The quantitative estimate of drug-likeness (QED) is 0.498. The zero-order valence-corrected chi connectivity index (χ0v) is 19.9. The van der Waals surface area contributed by atoms with Gasteiger partial charge in [-0.2, -0.15) is 0 Å². The van der Waals surface area contributed by atoms with Crippen molar-refractivity contribution in [1.82, 2.24) is 4.90 Å². The summed E-state index contributed by atoms with van der Waals surface area (Å²) in [4.78, 5) is 26.8. The Labute approximate surface area is 204 Å². The molecule has 0 aliphatic carbocycles. The summed E-state index contributed by atoms with van der Waals surface area (Å²) in [6, 6.07) is 19.3. The molecule has 1 atom stereocenters. The highest BCUT2D eigenvalue weighted by molar-refractivity contribution is 5.90. The number of hydrogen-bond donors (Lipinski definition) is 1. The van der Waals surface area contributed by atoms with Crippen LogP contribution in [0.15, 0.2) is 66.7 Å². The van der Waals surface area contributed by atoms with Gasteiger partial charge in [-0.15, -0.1) is 0 Å². The molecule has 0 unspecified atom stereocenters. The van der Waals surface area contributed by atoms with Crippen LogP contribution >= 0.6 is 0 Å². The Morgan fingerprint density at radius 1 is 0.943 bits per heavy atom. The minimum absolute atomic E-state index is 0.211. The molecule has 8 nitrogen and oxygen atoms in total. The summed E-state index contributed by atoms with van der Waals surface area (Å²) < 4.78 is 21.8. The van der Waals surface area contributed by atoms with Crippen LogP contribution in [-0.4, -0.2) is 51.4 Å². The number of carbonyl (C=O) groups excluding carboxylic acids is 2. The molecule has 0 saturated carbocycles. The molecule has 1 aliphatic rings. The highest BCUT2D eigenvalue weighted by Crippen LogP contribution is 2.38. The standard InChI is InChI=1S/C27H28N2O6/c1-32-24-15-19-13-14-29(27(31)28-20-7-5-4-6-8-20)23(22(19)16-25(24)33-2)17-35-21-11-9-18(10-12-21)26(30)34-3/h4-12,15-16,23H,13-14,17H2,1-3H3,(H,28,31)/t23-/m0/s1. The predicted molar refractivity (Wildman–Crippen MR) is 131 cm³/mol. The van der Waals surface area contributed by atoms with E-state index in [0.717, 1.165) is 11.1 Å². The summed E-state index contributed by atoms with van der Waals surface area (Å²) in [6.07, 6.45) is 0.669. The largest absolute Gasteiger partial charge is 0.493 e. The van der Waals surface area contributed by atoms with E-state index < -0.39 is 5.97 Å². The van der Waals surface area contributed by atoms with Gasteiger partial charge in [0.1, 0.15) is 12.4 Å². The molecule has 2 amide bonds. The maximum Gasteiger partial charge on any atom is 0.337 e. The van der Waals surface area contributed by atoms with E-state index in [0.29, 0.717) is 41.5 Å². The fraction of sp³-hybridized carbons (Fsp3) is 0.259.